The molecule has 1 aromatic carbocycles. The Hall–Kier alpha value is -0.157. The number of pyridine rings is 1. The minimum atomic E-state index is -1.59. The molecule has 0 unspecified atom stereocenters. The number of fused-ring (bicyclic) bond motifs is 1. The van der Waals surface area contributed by atoms with Crippen molar-refractivity contribution in [2.45, 2.75) is 38.1 Å². The van der Waals surface area contributed by atoms with Crippen molar-refractivity contribution in [3.8, 4) is 0 Å². The number of piperazine rings is 1. The smallest absolute Gasteiger partial charge is 0.550 e. The molecule has 9 nitrogen and oxygen atoms in total. The van der Waals surface area contributed by atoms with Gasteiger partial charge in [0.05, 0.1) is 22.7 Å². The standard InChI is InChI=1S/C22H24FN3O6.2K/c23-16-10-14-17(26(13-4-5-13)12-15(21(14)30)22(31)32)11-18(16)24-6-8-25(9-7-24)19(27)2-1-3-20(28)29;;/h10-13H,1-9H2,(H,28,29)(H,31,32);;/q;2*+1/p-2. The Morgan fingerprint density at radius 2 is 1.65 bits per heavy atom. The largest absolute Gasteiger partial charge is 1.00 e. The van der Waals surface area contributed by atoms with Crippen molar-refractivity contribution >= 4 is 34.4 Å². The van der Waals surface area contributed by atoms with E-state index in [4.69, 9.17) is 0 Å². The van der Waals surface area contributed by atoms with Crippen LogP contribution in [0.5, 0.6) is 0 Å². The second-order valence-corrected chi connectivity index (χ2v) is 8.21. The molecule has 170 valence electrons. The Morgan fingerprint density at radius 1 is 1.00 bits per heavy atom. The molecule has 2 heterocycles. The van der Waals surface area contributed by atoms with E-state index in [1.165, 1.54) is 6.20 Å². The van der Waals surface area contributed by atoms with Gasteiger partial charge in [0.2, 0.25) is 5.91 Å². The fraction of sp³-hybridized carbons (Fsp3) is 0.455. The van der Waals surface area contributed by atoms with E-state index in [9.17, 15) is 33.8 Å². The zero-order valence-corrected chi connectivity index (χ0v) is 25.6. The van der Waals surface area contributed by atoms with Crippen LogP contribution >= 0.6 is 0 Å². The van der Waals surface area contributed by atoms with Gasteiger partial charge in [0.15, 0.2) is 5.43 Å². The fourth-order valence-corrected chi connectivity index (χ4v) is 4.14. The minimum Gasteiger partial charge on any atom is -0.550 e. The van der Waals surface area contributed by atoms with Crippen LogP contribution in [-0.4, -0.2) is 53.5 Å². The Balaban J connectivity index is 0.00000204. The van der Waals surface area contributed by atoms with E-state index in [2.05, 4.69) is 0 Å². The molecule has 1 aromatic heterocycles. The van der Waals surface area contributed by atoms with Crippen molar-refractivity contribution in [3.05, 3.63) is 39.9 Å². The third-order valence-corrected chi connectivity index (χ3v) is 6.01. The molecule has 1 aliphatic carbocycles. The number of rotatable bonds is 7. The van der Waals surface area contributed by atoms with Crippen molar-refractivity contribution in [1.29, 1.82) is 0 Å². The second kappa shape index (κ2) is 12.9. The number of amides is 1. The Labute approximate surface area is 280 Å². The monoisotopic (exact) mass is 521 g/mol. The summed E-state index contributed by atoms with van der Waals surface area (Å²) in [6.07, 6.45) is 3.13. The van der Waals surface area contributed by atoms with Gasteiger partial charge in [0, 0.05) is 56.2 Å². The summed E-state index contributed by atoms with van der Waals surface area (Å²) < 4.78 is 16.7. The quantitative estimate of drug-likeness (QED) is 0.332. The Kier molecular flexibility index (Phi) is 11.4. The van der Waals surface area contributed by atoms with Crippen molar-refractivity contribution in [1.82, 2.24) is 9.47 Å². The molecule has 0 bridgehead atoms. The van der Waals surface area contributed by atoms with Gasteiger partial charge in [-0.3, -0.25) is 9.59 Å². The molecule has 12 heteroatoms. The summed E-state index contributed by atoms with van der Waals surface area (Å²) >= 11 is 0. The number of carbonyl (C=O) groups excluding carboxylic acids is 3. The maximum atomic E-state index is 15.0. The van der Waals surface area contributed by atoms with E-state index in [1.807, 2.05) is 0 Å². The summed E-state index contributed by atoms with van der Waals surface area (Å²) in [7, 11) is 0. The number of aliphatic carboxylic acids is 1. The van der Waals surface area contributed by atoms with Crippen LogP contribution in [0.4, 0.5) is 10.1 Å². The van der Waals surface area contributed by atoms with Crippen LogP contribution in [0, 0.1) is 5.82 Å². The normalized spacial score (nSPS) is 15.4. The first kappa shape index (κ1) is 30.1. The molecule has 0 N–H and O–H groups in total. The predicted molar refractivity (Wildman–Crippen MR) is 108 cm³/mol. The van der Waals surface area contributed by atoms with Gasteiger partial charge in [-0.15, -0.1) is 0 Å². The molecule has 0 atom stereocenters. The van der Waals surface area contributed by atoms with Crippen LogP contribution in [0.25, 0.3) is 10.9 Å². The van der Waals surface area contributed by atoms with Gasteiger partial charge in [-0.2, -0.15) is 0 Å². The number of aromatic nitrogens is 1. The predicted octanol–water partition coefficient (Wildman–Crippen LogP) is -6.58. The van der Waals surface area contributed by atoms with Crippen molar-refractivity contribution in [2.75, 3.05) is 31.1 Å². The minimum absolute atomic E-state index is 0. The van der Waals surface area contributed by atoms with E-state index in [1.54, 1.807) is 20.4 Å². The van der Waals surface area contributed by atoms with E-state index in [-0.39, 0.29) is 145 Å². The SMILES string of the molecule is O=C([O-])CCCC(=O)N1CCN(c2cc3c(cc2F)c(=O)c(C(=O)[O-])cn3C2CC2)CC1.[K+].[K+]. The van der Waals surface area contributed by atoms with Crippen LogP contribution in [0.2, 0.25) is 0 Å². The maximum Gasteiger partial charge on any atom is 1.00 e. The van der Waals surface area contributed by atoms with Gasteiger partial charge in [0.1, 0.15) is 5.82 Å². The summed E-state index contributed by atoms with van der Waals surface area (Å²) in [6, 6.07) is 2.71. The van der Waals surface area contributed by atoms with Crippen LogP contribution in [0.15, 0.2) is 23.1 Å². The van der Waals surface area contributed by atoms with Gasteiger partial charge >= 0.3 is 103 Å². The average Bonchev–Trinajstić information content (AvgIpc) is 3.59. The number of halogens is 1. The van der Waals surface area contributed by atoms with Gasteiger partial charge in [-0.05, 0) is 37.8 Å². The van der Waals surface area contributed by atoms with E-state index < -0.39 is 28.7 Å². The number of anilines is 1. The molecule has 2 aromatic rings. The summed E-state index contributed by atoms with van der Waals surface area (Å²) in [5.41, 5.74) is -0.493. The first-order valence-electron chi connectivity index (χ1n) is 10.6. The molecule has 2 fully saturated rings. The van der Waals surface area contributed by atoms with Gasteiger partial charge in [-0.25, -0.2) is 4.39 Å². The van der Waals surface area contributed by atoms with Gasteiger partial charge in [0.25, 0.3) is 0 Å². The molecule has 4 rings (SSSR count). The molecule has 2 aliphatic rings. The van der Waals surface area contributed by atoms with E-state index in [0.717, 1.165) is 18.9 Å². The van der Waals surface area contributed by atoms with Gasteiger partial charge in [-0.1, -0.05) is 0 Å². The third kappa shape index (κ3) is 6.78. The second-order valence-electron chi connectivity index (χ2n) is 8.21. The van der Waals surface area contributed by atoms with Crippen LogP contribution in [0.3, 0.4) is 0 Å². The Morgan fingerprint density at radius 3 is 2.21 bits per heavy atom. The number of carboxylic acids is 2. The number of nitrogens with zero attached hydrogens (tertiary/aromatic N) is 3. The number of hydrogen-bond donors (Lipinski definition) is 0. The molecule has 1 aliphatic heterocycles. The number of carboxylic acid groups (broad SMARTS) is 2. The van der Waals surface area contributed by atoms with Gasteiger partial charge < -0.3 is 34.2 Å². The number of aromatic carboxylic acids is 1. The molecule has 0 radical (unpaired) electrons. The van der Waals surface area contributed by atoms with Crippen molar-refractivity contribution < 1.29 is 132 Å². The van der Waals surface area contributed by atoms with Crippen LogP contribution < -0.4 is 123 Å². The Bertz CT molecular complexity index is 1160. The number of carbonyl (C=O) groups is 3. The number of benzene rings is 1. The van der Waals surface area contributed by atoms with Crippen molar-refractivity contribution in [2.24, 2.45) is 0 Å². The molecule has 1 saturated heterocycles. The zero-order chi connectivity index (χ0) is 23.0. The fourth-order valence-electron chi connectivity index (χ4n) is 4.14. The summed E-state index contributed by atoms with van der Waals surface area (Å²) in [5.74, 6) is -3.56. The topological polar surface area (TPSA) is 126 Å². The maximum absolute atomic E-state index is 15.0. The first-order chi connectivity index (χ1) is 15.3. The van der Waals surface area contributed by atoms with E-state index >= 15 is 0 Å². The molecule has 1 amide bonds. The summed E-state index contributed by atoms with van der Waals surface area (Å²) in [5, 5.41) is 21.8. The number of hydrogen-bond acceptors (Lipinski definition) is 7. The molecule has 0 spiro atoms. The summed E-state index contributed by atoms with van der Waals surface area (Å²) in [4.78, 5) is 50.1. The molecular formula is C22H22FK2N3O6. The van der Waals surface area contributed by atoms with Crippen LogP contribution in [0.1, 0.15) is 48.5 Å². The van der Waals surface area contributed by atoms with Crippen LogP contribution in [-0.2, 0) is 9.59 Å². The zero-order valence-electron chi connectivity index (χ0n) is 19.3. The van der Waals surface area contributed by atoms with Crippen molar-refractivity contribution in [3.63, 3.8) is 0 Å². The summed E-state index contributed by atoms with van der Waals surface area (Å²) in [6.45, 7) is 1.47. The molecular weight excluding hydrogens is 499 g/mol. The van der Waals surface area contributed by atoms with E-state index in [0.29, 0.717) is 31.7 Å². The first-order valence-corrected chi connectivity index (χ1v) is 10.6. The molecule has 34 heavy (non-hydrogen) atoms. The average molecular weight is 522 g/mol. The molecule has 1 saturated carbocycles. The third-order valence-electron chi connectivity index (χ3n) is 6.01.